The highest BCUT2D eigenvalue weighted by molar-refractivity contribution is 7.99. The number of halogens is 4. The molecule has 2 aromatic heterocycles. The largest absolute Gasteiger partial charge is 0.416 e. The number of hydrogen-bond donors (Lipinski definition) is 1. The molecule has 0 bridgehead atoms. The van der Waals surface area contributed by atoms with Crippen molar-refractivity contribution < 1.29 is 18.0 Å². The lowest BCUT2D eigenvalue weighted by atomic mass is 10.2. The molecule has 0 unspecified atom stereocenters. The number of aryl methyl sites for hydroxylation is 1. The molecular weight excluding hydrogens is 457 g/mol. The highest BCUT2D eigenvalue weighted by Gasteiger charge is 2.31. The molecule has 3 aromatic rings. The van der Waals surface area contributed by atoms with E-state index in [1.54, 1.807) is 23.0 Å². The Kier molecular flexibility index (Phi) is 7.10. The predicted molar refractivity (Wildman–Crippen MR) is 114 cm³/mol. The zero-order chi connectivity index (χ0) is 21.9. The smallest absolute Gasteiger partial charge is 0.324 e. The summed E-state index contributed by atoms with van der Waals surface area (Å²) in [5.41, 5.74) is -0.00558. The van der Waals surface area contributed by atoms with E-state index in [2.05, 4.69) is 28.5 Å². The molecule has 0 saturated heterocycles. The summed E-state index contributed by atoms with van der Waals surface area (Å²) in [6.45, 7) is 2.12. The van der Waals surface area contributed by atoms with Crippen LogP contribution in [0.25, 0.3) is 11.4 Å². The van der Waals surface area contributed by atoms with E-state index in [0.29, 0.717) is 11.0 Å². The molecule has 30 heavy (non-hydrogen) atoms. The highest BCUT2D eigenvalue weighted by Crippen LogP contribution is 2.34. The van der Waals surface area contributed by atoms with Gasteiger partial charge in [0.05, 0.1) is 22.0 Å². The standard InChI is InChI=1S/C19H18ClF3N4OS2/c1-3-4-13-7-11(9-29-13)17-25-26-18(27(17)2)30-10-16(28)24-15-8-12(19(21,22)23)5-6-14(15)20/h5-9H,3-4,10H2,1-2H3,(H,24,28). The fourth-order valence-corrected chi connectivity index (χ4v) is 4.53. The van der Waals surface area contributed by atoms with E-state index in [1.165, 1.54) is 4.88 Å². The van der Waals surface area contributed by atoms with E-state index in [1.807, 2.05) is 5.38 Å². The van der Waals surface area contributed by atoms with Gasteiger partial charge in [0.25, 0.3) is 0 Å². The number of aromatic nitrogens is 3. The van der Waals surface area contributed by atoms with E-state index in [-0.39, 0.29) is 16.5 Å². The van der Waals surface area contributed by atoms with E-state index >= 15 is 0 Å². The highest BCUT2D eigenvalue weighted by atomic mass is 35.5. The Hall–Kier alpha value is -2.04. The number of alkyl halides is 3. The molecule has 0 radical (unpaired) electrons. The molecule has 0 spiro atoms. The number of carbonyl (C=O) groups excluding carboxylic acids is 1. The van der Waals surface area contributed by atoms with Gasteiger partial charge in [-0.2, -0.15) is 13.2 Å². The molecule has 0 aliphatic rings. The van der Waals surface area contributed by atoms with Crippen molar-refractivity contribution in [2.75, 3.05) is 11.1 Å². The fourth-order valence-electron chi connectivity index (χ4n) is 2.68. The molecule has 1 amide bonds. The van der Waals surface area contributed by atoms with Crippen molar-refractivity contribution in [2.45, 2.75) is 31.1 Å². The molecule has 0 aliphatic carbocycles. The Balaban J connectivity index is 1.65. The molecule has 1 aromatic carbocycles. The molecule has 5 nitrogen and oxygen atoms in total. The number of anilines is 1. The molecular formula is C19H18ClF3N4OS2. The minimum atomic E-state index is -4.52. The van der Waals surface area contributed by atoms with Gasteiger partial charge in [-0.05, 0) is 30.7 Å². The second kappa shape index (κ2) is 9.40. The maximum absolute atomic E-state index is 12.9. The maximum Gasteiger partial charge on any atom is 0.416 e. The zero-order valence-electron chi connectivity index (χ0n) is 16.1. The van der Waals surface area contributed by atoms with Gasteiger partial charge in [-0.25, -0.2) is 0 Å². The summed E-state index contributed by atoms with van der Waals surface area (Å²) in [6.07, 6.45) is -2.46. The summed E-state index contributed by atoms with van der Waals surface area (Å²) in [4.78, 5) is 13.5. The van der Waals surface area contributed by atoms with Crippen molar-refractivity contribution in [3.05, 3.63) is 45.1 Å². The van der Waals surface area contributed by atoms with Crippen LogP contribution in [0.3, 0.4) is 0 Å². The Morgan fingerprint density at radius 2 is 2.07 bits per heavy atom. The van der Waals surface area contributed by atoms with Crippen LogP contribution < -0.4 is 5.32 Å². The zero-order valence-corrected chi connectivity index (χ0v) is 18.5. The lowest BCUT2D eigenvalue weighted by molar-refractivity contribution is -0.137. The quantitative estimate of drug-likeness (QED) is 0.433. The third kappa shape index (κ3) is 5.35. The van der Waals surface area contributed by atoms with Crippen molar-refractivity contribution >= 4 is 46.3 Å². The maximum atomic E-state index is 12.9. The third-order valence-corrected chi connectivity index (χ3v) is 6.49. The Morgan fingerprint density at radius 3 is 2.77 bits per heavy atom. The van der Waals surface area contributed by atoms with Crippen LogP contribution in [0.15, 0.2) is 34.8 Å². The average molecular weight is 475 g/mol. The van der Waals surface area contributed by atoms with Crippen LogP contribution in [0.1, 0.15) is 23.8 Å². The molecule has 0 saturated carbocycles. The number of rotatable bonds is 7. The van der Waals surface area contributed by atoms with Crippen molar-refractivity contribution in [3.63, 3.8) is 0 Å². The van der Waals surface area contributed by atoms with Gasteiger partial charge >= 0.3 is 6.18 Å². The predicted octanol–water partition coefficient (Wildman–Crippen LogP) is 5.90. The van der Waals surface area contributed by atoms with Crippen LogP contribution in [0.5, 0.6) is 0 Å². The SMILES string of the molecule is CCCc1cc(-c2nnc(SCC(=O)Nc3cc(C(F)(F)F)ccc3Cl)n2C)cs1. The molecule has 0 atom stereocenters. The van der Waals surface area contributed by atoms with Crippen molar-refractivity contribution in [1.29, 1.82) is 0 Å². The van der Waals surface area contributed by atoms with Crippen molar-refractivity contribution in [1.82, 2.24) is 14.8 Å². The first kappa shape index (κ1) is 22.6. The molecule has 11 heteroatoms. The van der Waals surface area contributed by atoms with Crippen LogP contribution in [0.4, 0.5) is 18.9 Å². The lowest BCUT2D eigenvalue weighted by Gasteiger charge is -2.11. The van der Waals surface area contributed by atoms with Gasteiger partial charge in [-0.15, -0.1) is 21.5 Å². The molecule has 160 valence electrons. The monoisotopic (exact) mass is 474 g/mol. The van der Waals surface area contributed by atoms with Crippen LogP contribution in [0.2, 0.25) is 5.02 Å². The van der Waals surface area contributed by atoms with E-state index in [4.69, 9.17) is 11.6 Å². The van der Waals surface area contributed by atoms with E-state index in [0.717, 1.165) is 48.4 Å². The van der Waals surface area contributed by atoms with Crippen molar-refractivity contribution in [2.24, 2.45) is 7.05 Å². The number of carbonyl (C=O) groups is 1. The third-order valence-electron chi connectivity index (χ3n) is 4.14. The topological polar surface area (TPSA) is 59.8 Å². The number of thiophene rings is 1. The number of benzene rings is 1. The van der Waals surface area contributed by atoms with Gasteiger partial charge in [0, 0.05) is 22.9 Å². The number of thioether (sulfide) groups is 1. The number of amides is 1. The van der Waals surface area contributed by atoms with E-state index in [9.17, 15) is 18.0 Å². The summed E-state index contributed by atoms with van der Waals surface area (Å²) in [7, 11) is 1.80. The summed E-state index contributed by atoms with van der Waals surface area (Å²) >= 11 is 8.72. The van der Waals surface area contributed by atoms with Crippen LogP contribution in [0, 0.1) is 0 Å². The second-order valence-corrected chi connectivity index (χ2v) is 8.79. The number of nitrogens with one attached hydrogen (secondary N) is 1. The van der Waals surface area contributed by atoms with Gasteiger partial charge in [0.15, 0.2) is 11.0 Å². The van der Waals surface area contributed by atoms with Gasteiger partial charge in [-0.1, -0.05) is 36.7 Å². The van der Waals surface area contributed by atoms with Gasteiger partial charge in [0.2, 0.25) is 5.91 Å². The first-order chi connectivity index (χ1) is 14.2. The van der Waals surface area contributed by atoms with Crippen LogP contribution >= 0.6 is 34.7 Å². The molecule has 3 rings (SSSR count). The minimum Gasteiger partial charge on any atom is -0.324 e. The summed E-state index contributed by atoms with van der Waals surface area (Å²) in [5, 5.41) is 13.3. The van der Waals surface area contributed by atoms with Crippen LogP contribution in [-0.2, 0) is 24.4 Å². The van der Waals surface area contributed by atoms with Gasteiger partial charge in [-0.3, -0.25) is 4.79 Å². The first-order valence-corrected chi connectivity index (χ1v) is 11.2. The average Bonchev–Trinajstić information content (AvgIpc) is 3.27. The Bertz CT molecular complexity index is 1050. The Morgan fingerprint density at radius 1 is 1.30 bits per heavy atom. The molecule has 0 aliphatic heterocycles. The summed E-state index contributed by atoms with van der Waals surface area (Å²) in [6, 6.07) is 4.87. The number of hydrogen-bond acceptors (Lipinski definition) is 5. The number of nitrogens with zero attached hydrogens (tertiary/aromatic N) is 3. The Labute approximate surface area is 184 Å². The van der Waals surface area contributed by atoms with Gasteiger partial charge < -0.3 is 9.88 Å². The fraction of sp³-hybridized carbons (Fsp3) is 0.316. The van der Waals surface area contributed by atoms with Gasteiger partial charge in [0.1, 0.15) is 0 Å². The lowest BCUT2D eigenvalue weighted by Crippen LogP contribution is -2.16. The summed E-state index contributed by atoms with van der Waals surface area (Å²) in [5.74, 6) is 0.146. The van der Waals surface area contributed by atoms with E-state index < -0.39 is 17.6 Å². The second-order valence-electron chi connectivity index (χ2n) is 6.45. The van der Waals surface area contributed by atoms with Crippen molar-refractivity contribution in [3.8, 4) is 11.4 Å². The first-order valence-electron chi connectivity index (χ1n) is 8.95. The molecule has 1 N–H and O–H groups in total. The molecule has 2 heterocycles. The summed E-state index contributed by atoms with van der Waals surface area (Å²) < 4.78 is 40.4. The minimum absolute atomic E-state index is 0.0302. The molecule has 0 fully saturated rings. The normalized spacial score (nSPS) is 11.7. The van der Waals surface area contributed by atoms with Crippen LogP contribution in [-0.4, -0.2) is 26.4 Å².